The van der Waals surface area contributed by atoms with Gasteiger partial charge in [0.25, 0.3) is 0 Å². The van der Waals surface area contributed by atoms with E-state index in [0.29, 0.717) is 6.42 Å². The third-order valence-corrected chi connectivity index (χ3v) is 3.11. The summed E-state index contributed by atoms with van der Waals surface area (Å²) in [4.78, 5) is 16.1. The molecule has 0 bridgehead atoms. The molecule has 16 heavy (non-hydrogen) atoms. The van der Waals surface area contributed by atoms with Crippen molar-refractivity contribution in [3.8, 4) is 0 Å². The number of hydrogen-bond acceptors (Lipinski definition) is 2. The highest BCUT2D eigenvalue weighted by molar-refractivity contribution is 5.98. The lowest BCUT2D eigenvalue weighted by atomic mass is 9.93. The Morgan fingerprint density at radius 3 is 3.00 bits per heavy atom. The maximum Gasteiger partial charge on any atom is 0.168 e. The first-order valence-corrected chi connectivity index (χ1v) is 5.89. The number of nitrogens with zero attached hydrogens (tertiary/aromatic N) is 1. The molecule has 84 valence electrons. The summed E-state index contributed by atoms with van der Waals surface area (Å²) in [5, 5.41) is 0. The van der Waals surface area contributed by atoms with E-state index < -0.39 is 0 Å². The zero-order valence-corrected chi connectivity index (χ0v) is 9.70. The molecule has 0 spiro atoms. The van der Waals surface area contributed by atoms with E-state index in [1.807, 2.05) is 13.0 Å². The standard InChI is InChI=1S/C14H17NO/c1-11-7-8-15-10-13(11)14(16)9-12-5-3-2-4-6-12/h5,7-8,10H,2-4,6,9H2,1H3. The summed E-state index contributed by atoms with van der Waals surface area (Å²) in [6.45, 7) is 1.96. The summed E-state index contributed by atoms with van der Waals surface area (Å²) in [5.41, 5.74) is 3.10. The second-order valence-corrected chi connectivity index (χ2v) is 4.40. The van der Waals surface area contributed by atoms with Crippen LogP contribution in [0.15, 0.2) is 30.1 Å². The van der Waals surface area contributed by atoms with Crippen LogP contribution in [0.5, 0.6) is 0 Å². The van der Waals surface area contributed by atoms with Gasteiger partial charge in [-0.1, -0.05) is 11.6 Å². The highest BCUT2D eigenvalue weighted by Gasteiger charge is 2.12. The molecule has 0 unspecified atom stereocenters. The first kappa shape index (κ1) is 11.1. The summed E-state index contributed by atoms with van der Waals surface area (Å²) in [7, 11) is 0. The quantitative estimate of drug-likeness (QED) is 0.571. The maximum absolute atomic E-state index is 12.1. The maximum atomic E-state index is 12.1. The molecule has 1 aromatic heterocycles. The minimum absolute atomic E-state index is 0.207. The van der Waals surface area contributed by atoms with Crippen LogP contribution in [-0.4, -0.2) is 10.8 Å². The molecule has 1 aliphatic carbocycles. The Bertz CT molecular complexity index is 420. The number of pyridine rings is 1. The van der Waals surface area contributed by atoms with E-state index >= 15 is 0 Å². The second kappa shape index (κ2) is 5.06. The van der Waals surface area contributed by atoms with Crippen molar-refractivity contribution >= 4 is 5.78 Å². The van der Waals surface area contributed by atoms with Gasteiger partial charge in [0.2, 0.25) is 0 Å². The van der Waals surface area contributed by atoms with Gasteiger partial charge >= 0.3 is 0 Å². The molecule has 0 atom stereocenters. The van der Waals surface area contributed by atoms with Gasteiger partial charge in [-0.05, 0) is 44.2 Å². The lowest BCUT2D eigenvalue weighted by Gasteiger charge is -2.12. The summed E-state index contributed by atoms with van der Waals surface area (Å²) in [6.07, 6.45) is 10.9. The van der Waals surface area contributed by atoms with Gasteiger partial charge in [-0.15, -0.1) is 0 Å². The Hall–Kier alpha value is -1.44. The lowest BCUT2D eigenvalue weighted by molar-refractivity contribution is 0.0990. The molecule has 0 radical (unpaired) electrons. The normalized spacial score (nSPS) is 15.7. The number of allylic oxidation sites excluding steroid dienone is 2. The van der Waals surface area contributed by atoms with E-state index in [1.54, 1.807) is 12.4 Å². The first-order valence-electron chi connectivity index (χ1n) is 5.89. The molecule has 0 fully saturated rings. The number of aryl methyl sites for hydroxylation is 1. The molecule has 0 aromatic carbocycles. The highest BCUT2D eigenvalue weighted by atomic mass is 16.1. The highest BCUT2D eigenvalue weighted by Crippen LogP contribution is 2.22. The van der Waals surface area contributed by atoms with Crippen LogP contribution in [0.1, 0.15) is 48.0 Å². The number of carbonyl (C=O) groups excluding carboxylic acids is 1. The topological polar surface area (TPSA) is 30.0 Å². The second-order valence-electron chi connectivity index (χ2n) is 4.40. The van der Waals surface area contributed by atoms with Crippen molar-refractivity contribution in [3.05, 3.63) is 41.2 Å². The van der Waals surface area contributed by atoms with E-state index in [4.69, 9.17) is 0 Å². The average molecular weight is 215 g/mol. The minimum atomic E-state index is 0.207. The SMILES string of the molecule is Cc1ccncc1C(=O)CC1=CCCCC1. The molecule has 0 saturated carbocycles. The Morgan fingerprint density at radius 2 is 2.31 bits per heavy atom. The molecule has 0 saturated heterocycles. The van der Waals surface area contributed by atoms with Gasteiger partial charge < -0.3 is 0 Å². The van der Waals surface area contributed by atoms with Gasteiger partial charge in [-0.25, -0.2) is 0 Å². The molecule has 0 aliphatic heterocycles. The van der Waals surface area contributed by atoms with Gasteiger partial charge in [-0.3, -0.25) is 9.78 Å². The zero-order valence-electron chi connectivity index (χ0n) is 9.70. The predicted molar refractivity (Wildman–Crippen MR) is 64.5 cm³/mol. The Morgan fingerprint density at radius 1 is 1.44 bits per heavy atom. The van der Waals surface area contributed by atoms with Crippen molar-refractivity contribution in [1.82, 2.24) is 4.98 Å². The van der Waals surface area contributed by atoms with Crippen molar-refractivity contribution in [3.63, 3.8) is 0 Å². The van der Waals surface area contributed by atoms with E-state index in [2.05, 4.69) is 11.1 Å². The van der Waals surface area contributed by atoms with E-state index in [1.165, 1.54) is 18.4 Å². The molecule has 2 rings (SSSR count). The van der Waals surface area contributed by atoms with Crippen LogP contribution in [0, 0.1) is 6.92 Å². The van der Waals surface area contributed by atoms with E-state index in [0.717, 1.165) is 24.0 Å². The molecule has 0 N–H and O–H groups in total. The van der Waals surface area contributed by atoms with Crippen LogP contribution in [0.3, 0.4) is 0 Å². The largest absolute Gasteiger partial charge is 0.294 e. The average Bonchev–Trinajstić information content (AvgIpc) is 2.31. The summed E-state index contributed by atoms with van der Waals surface area (Å²) in [6, 6.07) is 1.89. The van der Waals surface area contributed by atoms with Gasteiger partial charge in [0, 0.05) is 24.4 Å². The van der Waals surface area contributed by atoms with Crippen LogP contribution in [0.25, 0.3) is 0 Å². The Kier molecular flexibility index (Phi) is 3.50. The van der Waals surface area contributed by atoms with Crippen LogP contribution in [0.4, 0.5) is 0 Å². The van der Waals surface area contributed by atoms with Crippen LogP contribution >= 0.6 is 0 Å². The van der Waals surface area contributed by atoms with Crippen molar-refractivity contribution < 1.29 is 4.79 Å². The number of hydrogen-bond donors (Lipinski definition) is 0. The fraction of sp³-hybridized carbons (Fsp3) is 0.429. The molecule has 2 heteroatoms. The van der Waals surface area contributed by atoms with Crippen molar-refractivity contribution in [1.29, 1.82) is 0 Å². The number of ketones is 1. The Labute approximate surface area is 96.4 Å². The molecule has 1 aromatic rings. The smallest absolute Gasteiger partial charge is 0.168 e. The van der Waals surface area contributed by atoms with Gasteiger partial charge in [0.05, 0.1) is 0 Å². The monoisotopic (exact) mass is 215 g/mol. The molecule has 1 heterocycles. The summed E-state index contributed by atoms with van der Waals surface area (Å²) in [5.74, 6) is 0.207. The Balaban J connectivity index is 2.08. The van der Waals surface area contributed by atoms with Gasteiger partial charge in [0.1, 0.15) is 0 Å². The van der Waals surface area contributed by atoms with Crippen LogP contribution in [-0.2, 0) is 0 Å². The van der Waals surface area contributed by atoms with Crippen molar-refractivity contribution in [2.24, 2.45) is 0 Å². The van der Waals surface area contributed by atoms with E-state index in [-0.39, 0.29) is 5.78 Å². The van der Waals surface area contributed by atoms with Crippen molar-refractivity contribution in [2.45, 2.75) is 39.0 Å². The molecular weight excluding hydrogens is 198 g/mol. The number of Topliss-reactive ketones (excluding diaryl/α,β-unsaturated/α-hetero) is 1. The molecule has 1 aliphatic rings. The molecule has 0 amide bonds. The van der Waals surface area contributed by atoms with Crippen LogP contribution in [0.2, 0.25) is 0 Å². The minimum Gasteiger partial charge on any atom is -0.294 e. The van der Waals surface area contributed by atoms with Crippen molar-refractivity contribution in [2.75, 3.05) is 0 Å². The first-order chi connectivity index (χ1) is 7.77. The molecular formula is C14H17NO. The number of aromatic nitrogens is 1. The van der Waals surface area contributed by atoms with Gasteiger partial charge in [0.15, 0.2) is 5.78 Å². The van der Waals surface area contributed by atoms with E-state index in [9.17, 15) is 4.79 Å². The number of carbonyl (C=O) groups is 1. The third-order valence-electron chi connectivity index (χ3n) is 3.11. The number of rotatable bonds is 3. The fourth-order valence-corrected chi connectivity index (χ4v) is 2.12. The predicted octanol–water partition coefficient (Wildman–Crippen LogP) is 3.46. The summed E-state index contributed by atoms with van der Waals surface area (Å²) >= 11 is 0. The fourth-order valence-electron chi connectivity index (χ4n) is 2.12. The lowest BCUT2D eigenvalue weighted by Crippen LogP contribution is -2.05. The molecule has 2 nitrogen and oxygen atoms in total. The van der Waals surface area contributed by atoms with Crippen LogP contribution < -0.4 is 0 Å². The third kappa shape index (κ3) is 2.57. The van der Waals surface area contributed by atoms with Gasteiger partial charge in [-0.2, -0.15) is 0 Å². The summed E-state index contributed by atoms with van der Waals surface area (Å²) < 4.78 is 0. The zero-order chi connectivity index (χ0) is 11.4.